The van der Waals surface area contributed by atoms with E-state index in [1.807, 2.05) is 7.05 Å². The van der Waals surface area contributed by atoms with E-state index in [0.717, 1.165) is 38.8 Å². The quantitative estimate of drug-likeness (QED) is 0.732. The zero-order chi connectivity index (χ0) is 10.9. The van der Waals surface area contributed by atoms with Crippen LogP contribution in [0.5, 0.6) is 0 Å². The van der Waals surface area contributed by atoms with Gasteiger partial charge in [-0.2, -0.15) is 0 Å². The molecule has 0 radical (unpaired) electrons. The Kier molecular flexibility index (Phi) is 2.98. The predicted octanol–water partition coefficient (Wildman–Crippen LogP) is 0.363. The zero-order valence-corrected chi connectivity index (χ0v) is 9.37. The minimum Gasteiger partial charge on any atom is -0.376 e. The third kappa shape index (κ3) is 2.16. The minimum absolute atomic E-state index is 0.209. The molecule has 1 heterocycles. The molecule has 2 N–H and O–H groups in total. The van der Waals surface area contributed by atoms with E-state index in [1.165, 1.54) is 0 Å². The molecule has 2 fully saturated rings. The number of carbonyl (C=O) groups is 1. The highest BCUT2D eigenvalue weighted by Gasteiger charge is 2.50. The monoisotopic (exact) mass is 212 g/mol. The summed E-state index contributed by atoms with van der Waals surface area (Å²) in [5, 5.41) is 0. The number of nitrogens with zero attached hydrogens (tertiary/aromatic N) is 1. The summed E-state index contributed by atoms with van der Waals surface area (Å²) in [5.41, 5.74) is 5.42. The van der Waals surface area contributed by atoms with Gasteiger partial charge in [0.25, 0.3) is 0 Å². The third-order valence-corrected chi connectivity index (χ3v) is 3.55. The summed E-state index contributed by atoms with van der Waals surface area (Å²) >= 11 is 0. The van der Waals surface area contributed by atoms with E-state index < -0.39 is 0 Å². The normalized spacial score (nSPS) is 27.7. The van der Waals surface area contributed by atoms with Crippen LogP contribution in [0, 0.1) is 5.41 Å². The third-order valence-electron chi connectivity index (χ3n) is 3.55. The number of hydrogen-bond donors (Lipinski definition) is 1. The van der Waals surface area contributed by atoms with Crippen LogP contribution in [0.2, 0.25) is 0 Å². The lowest BCUT2D eigenvalue weighted by atomic mass is 10.1. The second kappa shape index (κ2) is 4.10. The maximum Gasteiger partial charge on any atom is 0.229 e. The Hall–Kier alpha value is -0.610. The standard InChI is InChI=1S/C11H20N2O2/c1-13(7-9-3-2-6-15-9)10(14)11(8-12)4-5-11/h9H,2-8,12H2,1H3. The van der Waals surface area contributed by atoms with Crippen molar-refractivity contribution in [2.45, 2.75) is 31.8 Å². The first-order chi connectivity index (χ1) is 7.18. The molecule has 0 aromatic heterocycles. The van der Waals surface area contributed by atoms with Gasteiger partial charge in [-0.05, 0) is 25.7 Å². The Morgan fingerprint density at radius 2 is 2.33 bits per heavy atom. The largest absolute Gasteiger partial charge is 0.376 e. The summed E-state index contributed by atoms with van der Waals surface area (Å²) < 4.78 is 5.52. The molecule has 0 aromatic rings. The molecule has 4 nitrogen and oxygen atoms in total. The summed E-state index contributed by atoms with van der Waals surface area (Å²) in [4.78, 5) is 13.8. The molecule has 15 heavy (non-hydrogen) atoms. The van der Waals surface area contributed by atoms with Crippen LogP contribution >= 0.6 is 0 Å². The van der Waals surface area contributed by atoms with Crippen LogP contribution in [-0.2, 0) is 9.53 Å². The fourth-order valence-corrected chi connectivity index (χ4v) is 2.24. The molecule has 1 saturated carbocycles. The van der Waals surface area contributed by atoms with Crippen LogP contribution in [0.3, 0.4) is 0 Å². The Balaban J connectivity index is 1.84. The van der Waals surface area contributed by atoms with Gasteiger partial charge < -0.3 is 15.4 Å². The Morgan fingerprint density at radius 3 is 2.80 bits per heavy atom. The molecule has 86 valence electrons. The molecule has 1 unspecified atom stereocenters. The van der Waals surface area contributed by atoms with Crippen LogP contribution in [-0.4, -0.2) is 43.7 Å². The van der Waals surface area contributed by atoms with Crippen molar-refractivity contribution in [2.75, 3.05) is 26.7 Å². The number of hydrogen-bond acceptors (Lipinski definition) is 3. The van der Waals surface area contributed by atoms with Crippen LogP contribution in [0.1, 0.15) is 25.7 Å². The smallest absolute Gasteiger partial charge is 0.229 e. The van der Waals surface area contributed by atoms with Gasteiger partial charge in [-0.3, -0.25) is 4.79 Å². The van der Waals surface area contributed by atoms with Crippen molar-refractivity contribution in [3.8, 4) is 0 Å². The highest BCUT2D eigenvalue weighted by atomic mass is 16.5. The van der Waals surface area contributed by atoms with E-state index >= 15 is 0 Å². The van der Waals surface area contributed by atoms with Gasteiger partial charge >= 0.3 is 0 Å². The summed E-state index contributed by atoms with van der Waals surface area (Å²) in [6.07, 6.45) is 4.35. The lowest BCUT2D eigenvalue weighted by molar-refractivity contribution is -0.136. The molecule has 0 aromatic carbocycles. The lowest BCUT2D eigenvalue weighted by Crippen LogP contribution is -2.41. The van der Waals surface area contributed by atoms with E-state index in [2.05, 4.69) is 0 Å². The Bertz CT molecular complexity index is 245. The second-order valence-corrected chi connectivity index (χ2v) is 4.81. The number of rotatable bonds is 4. The van der Waals surface area contributed by atoms with Gasteiger partial charge in [-0.1, -0.05) is 0 Å². The van der Waals surface area contributed by atoms with Crippen molar-refractivity contribution in [2.24, 2.45) is 11.1 Å². The van der Waals surface area contributed by atoms with E-state index in [4.69, 9.17) is 10.5 Å². The second-order valence-electron chi connectivity index (χ2n) is 4.81. The van der Waals surface area contributed by atoms with E-state index in [1.54, 1.807) is 4.90 Å². The molecule has 2 aliphatic rings. The Morgan fingerprint density at radius 1 is 1.60 bits per heavy atom. The van der Waals surface area contributed by atoms with Gasteiger partial charge in [0.1, 0.15) is 0 Å². The average molecular weight is 212 g/mol. The van der Waals surface area contributed by atoms with Crippen LogP contribution in [0.25, 0.3) is 0 Å². The molecular weight excluding hydrogens is 192 g/mol. The van der Waals surface area contributed by atoms with Gasteiger partial charge in [-0.25, -0.2) is 0 Å². The topological polar surface area (TPSA) is 55.6 Å². The summed E-state index contributed by atoms with van der Waals surface area (Å²) in [6.45, 7) is 2.05. The van der Waals surface area contributed by atoms with Crippen molar-refractivity contribution >= 4 is 5.91 Å². The molecule has 4 heteroatoms. The van der Waals surface area contributed by atoms with Crippen molar-refractivity contribution in [3.05, 3.63) is 0 Å². The Labute approximate surface area is 90.8 Å². The predicted molar refractivity (Wildman–Crippen MR) is 57.3 cm³/mol. The number of nitrogens with two attached hydrogens (primary N) is 1. The molecule has 0 bridgehead atoms. The van der Waals surface area contributed by atoms with Gasteiger partial charge in [0.2, 0.25) is 5.91 Å². The number of likely N-dealkylation sites (N-methyl/N-ethyl adjacent to an activating group) is 1. The van der Waals surface area contributed by atoms with Gasteiger partial charge in [0.05, 0.1) is 11.5 Å². The van der Waals surface area contributed by atoms with Gasteiger partial charge in [0, 0.05) is 26.7 Å². The van der Waals surface area contributed by atoms with E-state index in [0.29, 0.717) is 6.54 Å². The molecule has 1 aliphatic heterocycles. The average Bonchev–Trinajstić information content (AvgIpc) is 2.89. The summed E-state index contributed by atoms with van der Waals surface area (Å²) in [5.74, 6) is 0.209. The first-order valence-electron chi connectivity index (χ1n) is 5.75. The van der Waals surface area contributed by atoms with Crippen molar-refractivity contribution in [3.63, 3.8) is 0 Å². The molecule has 1 atom stereocenters. The first-order valence-corrected chi connectivity index (χ1v) is 5.75. The lowest BCUT2D eigenvalue weighted by Gasteiger charge is -2.24. The fourth-order valence-electron chi connectivity index (χ4n) is 2.24. The first kappa shape index (κ1) is 10.9. The molecule has 1 amide bonds. The van der Waals surface area contributed by atoms with Crippen LogP contribution < -0.4 is 5.73 Å². The van der Waals surface area contributed by atoms with Crippen molar-refractivity contribution in [1.82, 2.24) is 4.90 Å². The summed E-state index contributed by atoms with van der Waals surface area (Å²) in [7, 11) is 1.86. The van der Waals surface area contributed by atoms with Crippen molar-refractivity contribution < 1.29 is 9.53 Å². The summed E-state index contributed by atoms with van der Waals surface area (Å²) in [6, 6.07) is 0. The van der Waals surface area contributed by atoms with E-state index in [-0.39, 0.29) is 17.4 Å². The fraction of sp³-hybridized carbons (Fsp3) is 0.909. The maximum absolute atomic E-state index is 12.0. The van der Waals surface area contributed by atoms with Gasteiger partial charge in [0.15, 0.2) is 0 Å². The van der Waals surface area contributed by atoms with E-state index in [9.17, 15) is 4.79 Å². The minimum atomic E-state index is -0.215. The number of amides is 1. The van der Waals surface area contributed by atoms with Crippen LogP contribution in [0.4, 0.5) is 0 Å². The molecule has 1 aliphatic carbocycles. The van der Waals surface area contributed by atoms with Crippen LogP contribution in [0.15, 0.2) is 0 Å². The van der Waals surface area contributed by atoms with Gasteiger partial charge in [-0.15, -0.1) is 0 Å². The van der Waals surface area contributed by atoms with Crippen molar-refractivity contribution in [1.29, 1.82) is 0 Å². The molecule has 2 rings (SSSR count). The highest BCUT2D eigenvalue weighted by Crippen LogP contribution is 2.45. The number of ether oxygens (including phenoxy) is 1. The number of carbonyl (C=O) groups excluding carboxylic acids is 1. The molecule has 1 saturated heterocycles. The molecule has 0 spiro atoms. The molecular formula is C11H20N2O2. The zero-order valence-electron chi connectivity index (χ0n) is 9.37. The SMILES string of the molecule is CN(CC1CCCO1)C(=O)C1(CN)CC1. The highest BCUT2D eigenvalue weighted by molar-refractivity contribution is 5.85. The maximum atomic E-state index is 12.0.